The number of hydrogen-bond donors (Lipinski definition) is 0. The highest BCUT2D eigenvalue weighted by molar-refractivity contribution is 6.45. The van der Waals surface area contributed by atoms with E-state index < -0.39 is 0 Å². The zero-order chi connectivity index (χ0) is 36.5. The van der Waals surface area contributed by atoms with Crippen LogP contribution < -0.4 is 0 Å². The predicted octanol–water partition coefficient (Wildman–Crippen LogP) is 14.7. The van der Waals surface area contributed by atoms with Crippen molar-refractivity contribution in [2.45, 2.75) is 0 Å². The summed E-state index contributed by atoms with van der Waals surface area (Å²) >= 11 is 0. The summed E-state index contributed by atoms with van der Waals surface area (Å²) in [5, 5.41) is 10.5. The normalized spacial score (nSPS) is 12.3. The van der Waals surface area contributed by atoms with E-state index in [2.05, 4.69) is 203 Å². The maximum absolute atomic E-state index is 2.57. The average molecular weight is 709 g/mol. The summed E-state index contributed by atoms with van der Waals surface area (Å²) in [4.78, 5) is 0. The first-order valence-corrected chi connectivity index (χ1v) is 19.4. The van der Waals surface area contributed by atoms with Crippen molar-refractivity contribution in [3.05, 3.63) is 194 Å². The van der Waals surface area contributed by atoms with Crippen LogP contribution >= 0.6 is 0 Å². The van der Waals surface area contributed by atoms with Crippen LogP contribution in [0, 0.1) is 0 Å². The van der Waals surface area contributed by atoms with Gasteiger partial charge in [0.25, 0.3) is 0 Å². The van der Waals surface area contributed by atoms with Crippen molar-refractivity contribution in [3.63, 3.8) is 0 Å². The zero-order valence-electron chi connectivity index (χ0n) is 30.4. The predicted molar refractivity (Wildman–Crippen MR) is 238 cm³/mol. The fourth-order valence-corrected chi connectivity index (χ4v) is 9.93. The number of nitrogens with zero attached hydrogens (tertiary/aromatic N) is 2. The Morgan fingerprint density at radius 3 is 0.679 bits per heavy atom. The Bertz CT molecular complexity index is 3170. The lowest BCUT2D eigenvalue weighted by Crippen LogP contribution is -1.83. The van der Waals surface area contributed by atoms with Gasteiger partial charge in [0.1, 0.15) is 0 Å². The molecule has 0 bridgehead atoms. The molecule has 0 saturated heterocycles. The lowest BCUT2D eigenvalue weighted by Gasteiger charge is -2.07. The van der Waals surface area contributed by atoms with Crippen molar-refractivity contribution in [3.8, 4) is 44.5 Å². The minimum absolute atomic E-state index is 1.23. The molecule has 4 aromatic heterocycles. The molecule has 0 N–H and O–H groups in total. The summed E-state index contributed by atoms with van der Waals surface area (Å²) in [5.41, 5.74) is 17.4. The first-order chi connectivity index (χ1) is 27.8. The van der Waals surface area contributed by atoms with Crippen molar-refractivity contribution in [1.82, 2.24) is 8.80 Å². The Balaban J connectivity index is 1.29. The molecule has 0 amide bonds. The standard InChI is InChI=1S/C54H32N2/c1-5-13-33(14-6-1)37-21-25-45-41(29-37)49-50-42-30-38(34-15-7-2-8-16-34)23-27-47(42)56-48-28-24-40(36-19-11-4-12-20-36)32-44(48)52(54(50)56)51-43-31-39(35-17-9-3-10-18-35)22-26-46(43)55(45)53(49)51/h1-32H. The molecule has 0 fully saturated rings. The molecule has 0 spiro atoms. The van der Waals surface area contributed by atoms with Crippen LogP contribution in [0.1, 0.15) is 0 Å². The van der Waals surface area contributed by atoms with Crippen molar-refractivity contribution in [2.24, 2.45) is 0 Å². The number of hydrogen-bond acceptors (Lipinski definition) is 0. The molecule has 258 valence electrons. The molecule has 2 nitrogen and oxygen atoms in total. The van der Waals surface area contributed by atoms with Gasteiger partial charge < -0.3 is 8.80 Å². The van der Waals surface area contributed by atoms with Crippen molar-refractivity contribution in [2.75, 3.05) is 0 Å². The van der Waals surface area contributed by atoms with Gasteiger partial charge in [-0.05, 0) is 93.0 Å². The van der Waals surface area contributed by atoms with E-state index in [4.69, 9.17) is 0 Å². The summed E-state index contributed by atoms with van der Waals surface area (Å²) < 4.78 is 5.14. The van der Waals surface area contributed by atoms with Gasteiger partial charge in [-0.15, -0.1) is 0 Å². The Hall–Kier alpha value is -7.42. The van der Waals surface area contributed by atoms with E-state index in [0.29, 0.717) is 0 Å². The van der Waals surface area contributed by atoms with E-state index >= 15 is 0 Å². The lowest BCUT2D eigenvalue weighted by atomic mass is 9.94. The summed E-state index contributed by atoms with van der Waals surface area (Å²) in [6.45, 7) is 0. The van der Waals surface area contributed by atoms with E-state index in [1.807, 2.05) is 0 Å². The molecular weight excluding hydrogens is 677 g/mol. The Kier molecular flexibility index (Phi) is 5.92. The molecule has 0 aliphatic heterocycles. The first-order valence-electron chi connectivity index (χ1n) is 19.4. The van der Waals surface area contributed by atoms with Crippen LogP contribution in [0.2, 0.25) is 0 Å². The smallest absolute Gasteiger partial charge is 0.0634 e. The van der Waals surface area contributed by atoms with Crippen LogP contribution in [-0.4, -0.2) is 8.80 Å². The second-order valence-corrected chi connectivity index (χ2v) is 15.3. The van der Waals surface area contributed by atoms with Gasteiger partial charge in [0, 0.05) is 43.1 Å². The molecule has 4 heterocycles. The van der Waals surface area contributed by atoms with Gasteiger partial charge in [-0.3, -0.25) is 0 Å². The number of fused-ring (bicyclic) bond motifs is 14. The molecule has 0 unspecified atom stereocenters. The number of rotatable bonds is 4. The van der Waals surface area contributed by atoms with Crippen LogP contribution in [0.5, 0.6) is 0 Å². The molecule has 13 aromatic rings. The van der Waals surface area contributed by atoms with Crippen molar-refractivity contribution in [1.29, 1.82) is 0 Å². The molecule has 0 atom stereocenters. The minimum Gasteiger partial charge on any atom is -0.308 e. The molecule has 0 radical (unpaired) electrons. The largest absolute Gasteiger partial charge is 0.308 e. The van der Waals surface area contributed by atoms with Gasteiger partial charge in [0.05, 0.1) is 33.1 Å². The highest BCUT2D eigenvalue weighted by Crippen LogP contribution is 2.53. The van der Waals surface area contributed by atoms with Gasteiger partial charge in [0.15, 0.2) is 0 Å². The third-order valence-corrected chi connectivity index (χ3v) is 12.4. The highest BCUT2D eigenvalue weighted by Gasteiger charge is 2.29. The topological polar surface area (TPSA) is 8.82 Å². The van der Waals surface area contributed by atoms with Gasteiger partial charge in [-0.25, -0.2) is 0 Å². The third kappa shape index (κ3) is 3.95. The summed E-state index contributed by atoms with van der Waals surface area (Å²) in [6.07, 6.45) is 0. The molecule has 9 aromatic carbocycles. The summed E-state index contributed by atoms with van der Waals surface area (Å²) in [6, 6.07) is 71.7. The molecule has 0 saturated carbocycles. The van der Waals surface area contributed by atoms with E-state index in [0.717, 1.165) is 0 Å². The van der Waals surface area contributed by atoms with E-state index in [1.165, 1.54) is 121 Å². The fourth-order valence-electron chi connectivity index (χ4n) is 9.93. The Morgan fingerprint density at radius 2 is 0.446 bits per heavy atom. The maximum Gasteiger partial charge on any atom is 0.0634 e. The van der Waals surface area contributed by atoms with E-state index in [-0.39, 0.29) is 0 Å². The number of benzene rings is 9. The van der Waals surface area contributed by atoms with Gasteiger partial charge in [-0.1, -0.05) is 146 Å². The Morgan fingerprint density at radius 1 is 0.214 bits per heavy atom. The van der Waals surface area contributed by atoms with Gasteiger partial charge in [-0.2, -0.15) is 0 Å². The van der Waals surface area contributed by atoms with Crippen LogP contribution in [0.4, 0.5) is 0 Å². The SMILES string of the molecule is c1ccc(-c2ccc3c(c2)c2c4c5cc(-c6ccccc6)ccc5n5c6ccc(-c7ccccc7)cc6c(c6c7cc(-c8ccccc8)ccc7n3c26)c45)cc1. The Labute approximate surface area is 322 Å². The summed E-state index contributed by atoms with van der Waals surface area (Å²) in [7, 11) is 0. The molecule has 0 aliphatic carbocycles. The molecule has 0 aliphatic rings. The van der Waals surface area contributed by atoms with Gasteiger partial charge in [0.2, 0.25) is 0 Å². The van der Waals surface area contributed by atoms with Crippen molar-refractivity contribution >= 4 is 76.2 Å². The van der Waals surface area contributed by atoms with Crippen LogP contribution in [-0.2, 0) is 0 Å². The van der Waals surface area contributed by atoms with Crippen LogP contribution in [0.25, 0.3) is 121 Å². The van der Waals surface area contributed by atoms with Crippen LogP contribution in [0.3, 0.4) is 0 Å². The average Bonchev–Trinajstić information content (AvgIpc) is 4.00. The lowest BCUT2D eigenvalue weighted by molar-refractivity contribution is 1.37. The second kappa shape index (κ2) is 11.1. The quantitative estimate of drug-likeness (QED) is 0.172. The molecular formula is C54H32N2. The highest BCUT2D eigenvalue weighted by atomic mass is 14.9. The van der Waals surface area contributed by atoms with Crippen LogP contribution in [0.15, 0.2) is 194 Å². The zero-order valence-corrected chi connectivity index (χ0v) is 30.4. The number of aromatic nitrogens is 2. The van der Waals surface area contributed by atoms with E-state index in [9.17, 15) is 0 Å². The van der Waals surface area contributed by atoms with Crippen molar-refractivity contribution < 1.29 is 0 Å². The molecule has 56 heavy (non-hydrogen) atoms. The molecule has 2 heteroatoms. The minimum atomic E-state index is 1.23. The monoisotopic (exact) mass is 708 g/mol. The fraction of sp³-hybridized carbons (Fsp3) is 0. The van der Waals surface area contributed by atoms with E-state index in [1.54, 1.807) is 0 Å². The van der Waals surface area contributed by atoms with Gasteiger partial charge >= 0.3 is 0 Å². The third-order valence-electron chi connectivity index (χ3n) is 12.4. The first kappa shape index (κ1) is 30.0. The maximum atomic E-state index is 2.57. The second-order valence-electron chi connectivity index (χ2n) is 15.3. The summed E-state index contributed by atoms with van der Waals surface area (Å²) in [5.74, 6) is 0. The molecule has 13 rings (SSSR count).